The van der Waals surface area contributed by atoms with Gasteiger partial charge in [0.25, 0.3) is 5.91 Å². The second-order valence-corrected chi connectivity index (χ2v) is 5.08. The Hall–Kier alpha value is -2.04. The Morgan fingerprint density at radius 3 is 2.70 bits per heavy atom. The van der Waals surface area contributed by atoms with Gasteiger partial charge in [-0.25, -0.2) is 4.79 Å². The van der Waals surface area contributed by atoms with Crippen molar-refractivity contribution in [2.45, 2.75) is 44.8 Å². The molecule has 0 radical (unpaired) electrons. The van der Waals surface area contributed by atoms with Crippen molar-refractivity contribution in [2.24, 2.45) is 0 Å². The SMILES string of the molecule is CC(Oc1cccc(C(=O)O)c1)C(=O)NC1CCCC1. The third-order valence-corrected chi connectivity index (χ3v) is 3.46. The minimum atomic E-state index is -1.02. The fourth-order valence-electron chi connectivity index (χ4n) is 2.35. The van der Waals surface area contributed by atoms with E-state index in [2.05, 4.69) is 5.32 Å². The number of hydrogen-bond acceptors (Lipinski definition) is 3. The molecule has 2 rings (SSSR count). The van der Waals surface area contributed by atoms with Gasteiger partial charge in [0.05, 0.1) is 5.56 Å². The molecule has 0 saturated heterocycles. The summed E-state index contributed by atoms with van der Waals surface area (Å²) in [6.07, 6.45) is 3.71. The van der Waals surface area contributed by atoms with Crippen molar-refractivity contribution < 1.29 is 19.4 Å². The van der Waals surface area contributed by atoms with Gasteiger partial charge in [-0.15, -0.1) is 0 Å². The van der Waals surface area contributed by atoms with E-state index in [1.165, 1.54) is 12.1 Å². The van der Waals surface area contributed by atoms with Gasteiger partial charge in [-0.3, -0.25) is 4.79 Å². The Labute approximate surface area is 117 Å². The van der Waals surface area contributed by atoms with Gasteiger partial charge in [0.15, 0.2) is 6.10 Å². The van der Waals surface area contributed by atoms with Crippen LogP contribution < -0.4 is 10.1 Å². The molecule has 108 valence electrons. The van der Waals surface area contributed by atoms with Crippen molar-refractivity contribution in [3.63, 3.8) is 0 Å². The van der Waals surface area contributed by atoms with Crippen molar-refractivity contribution >= 4 is 11.9 Å². The molecule has 0 aliphatic heterocycles. The highest BCUT2D eigenvalue weighted by Crippen LogP contribution is 2.19. The molecule has 20 heavy (non-hydrogen) atoms. The van der Waals surface area contributed by atoms with Crippen LogP contribution in [0.4, 0.5) is 0 Å². The number of rotatable bonds is 5. The van der Waals surface area contributed by atoms with Crippen LogP contribution in [0.2, 0.25) is 0 Å². The number of carbonyl (C=O) groups is 2. The lowest BCUT2D eigenvalue weighted by molar-refractivity contribution is -0.127. The molecule has 1 fully saturated rings. The monoisotopic (exact) mass is 277 g/mol. The first-order chi connectivity index (χ1) is 9.56. The third-order valence-electron chi connectivity index (χ3n) is 3.46. The predicted octanol–water partition coefficient (Wildman–Crippen LogP) is 2.21. The fourth-order valence-corrected chi connectivity index (χ4v) is 2.35. The lowest BCUT2D eigenvalue weighted by Gasteiger charge is -2.18. The zero-order valence-electron chi connectivity index (χ0n) is 11.5. The molecular weight excluding hydrogens is 258 g/mol. The summed E-state index contributed by atoms with van der Waals surface area (Å²) in [7, 11) is 0. The molecule has 1 aromatic carbocycles. The standard InChI is InChI=1S/C15H19NO4/c1-10(14(17)16-12-6-2-3-7-12)20-13-8-4-5-11(9-13)15(18)19/h4-5,8-10,12H,2-3,6-7H2,1H3,(H,16,17)(H,18,19). The maximum absolute atomic E-state index is 12.0. The second-order valence-electron chi connectivity index (χ2n) is 5.08. The van der Waals surface area contributed by atoms with E-state index in [9.17, 15) is 9.59 Å². The molecule has 0 bridgehead atoms. The second kappa shape index (κ2) is 6.41. The van der Waals surface area contributed by atoms with Crippen molar-refractivity contribution in [3.05, 3.63) is 29.8 Å². The van der Waals surface area contributed by atoms with Gasteiger partial charge in [0, 0.05) is 6.04 Å². The van der Waals surface area contributed by atoms with E-state index in [0.717, 1.165) is 25.7 Å². The van der Waals surface area contributed by atoms with Crippen molar-refractivity contribution in [1.29, 1.82) is 0 Å². The highest BCUT2D eigenvalue weighted by atomic mass is 16.5. The van der Waals surface area contributed by atoms with Gasteiger partial charge in [-0.1, -0.05) is 18.9 Å². The summed E-state index contributed by atoms with van der Waals surface area (Å²) >= 11 is 0. The first kappa shape index (κ1) is 14.4. The lowest BCUT2D eigenvalue weighted by atomic mass is 10.2. The predicted molar refractivity (Wildman–Crippen MR) is 73.9 cm³/mol. The van der Waals surface area contributed by atoms with Crippen LogP contribution in [0.3, 0.4) is 0 Å². The Morgan fingerprint density at radius 1 is 1.35 bits per heavy atom. The lowest BCUT2D eigenvalue weighted by Crippen LogP contribution is -2.41. The molecule has 1 aliphatic rings. The van der Waals surface area contributed by atoms with Crippen molar-refractivity contribution in [1.82, 2.24) is 5.32 Å². The molecule has 0 aromatic heterocycles. The van der Waals surface area contributed by atoms with E-state index in [0.29, 0.717) is 5.75 Å². The number of amides is 1. The maximum atomic E-state index is 12.0. The molecule has 1 aromatic rings. The Balaban J connectivity index is 1.92. The molecule has 2 N–H and O–H groups in total. The Morgan fingerprint density at radius 2 is 2.05 bits per heavy atom. The first-order valence-corrected chi connectivity index (χ1v) is 6.86. The number of hydrogen-bond donors (Lipinski definition) is 2. The summed E-state index contributed by atoms with van der Waals surface area (Å²) in [6.45, 7) is 1.66. The zero-order valence-corrected chi connectivity index (χ0v) is 11.5. The summed E-state index contributed by atoms with van der Waals surface area (Å²) in [6, 6.07) is 6.39. The largest absolute Gasteiger partial charge is 0.481 e. The van der Waals surface area contributed by atoms with Crippen LogP contribution in [0.15, 0.2) is 24.3 Å². The number of carbonyl (C=O) groups excluding carboxylic acids is 1. The van der Waals surface area contributed by atoms with E-state index in [-0.39, 0.29) is 17.5 Å². The van der Waals surface area contributed by atoms with Crippen LogP contribution in [0.1, 0.15) is 43.0 Å². The number of nitrogens with one attached hydrogen (secondary N) is 1. The minimum Gasteiger partial charge on any atom is -0.481 e. The van der Waals surface area contributed by atoms with Crippen LogP contribution in [-0.4, -0.2) is 29.1 Å². The van der Waals surface area contributed by atoms with Crippen molar-refractivity contribution in [3.8, 4) is 5.75 Å². The molecule has 1 aliphatic carbocycles. The summed E-state index contributed by atoms with van der Waals surface area (Å²) in [4.78, 5) is 22.8. The van der Waals surface area contributed by atoms with Gasteiger partial charge < -0.3 is 15.2 Å². The van der Waals surface area contributed by atoms with Crippen LogP contribution in [0.25, 0.3) is 0 Å². The normalized spacial score (nSPS) is 16.6. The molecule has 1 amide bonds. The molecule has 0 heterocycles. The third kappa shape index (κ3) is 3.73. The topological polar surface area (TPSA) is 75.6 Å². The van der Waals surface area contributed by atoms with E-state index in [1.807, 2.05) is 0 Å². The van der Waals surface area contributed by atoms with Crippen molar-refractivity contribution in [2.75, 3.05) is 0 Å². The summed E-state index contributed by atoms with van der Waals surface area (Å²) in [5.41, 5.74) is 0.144. The van der Waals surface area contributed by atoms with E-state index >= 15 is 0 Å². The average molecular weight is 277 g/mol. The van der Waals surface area contributed by atoms with Crippen LogP contribution in [-0.2, 0) is 4.79 Å². The van der Waals surface area contributed by atoms with Crippen LogP contribution in [0, 0.1) is 0 Å². The van der Waals surface area contributed by atoms with Gasteiger partial charge in [-0.2, -0.15) is 0 Å². The van der Waals surface area contributed by atoms with Gasteiger partial charge in [0.1, 0.15) is 5.75 Å². The summed E-state index contributed by atoms with van der Waals surface area (Å²) < 4.78 is 5.50. The van der Waals surface area contributed by atoms with Gasteiger partial charge in [-0.05, 0) is 38.0 Å². The molecule has 0 spiro atoms. The van der Waals surface area contributed by atoms with Gasteiger partial charge >= 0.3 is 5.97 Å². The van der Waals surface area contributed by atoms with Gasteiger partial charge in [0.2, 0.25) is 0 Å². The number of benzene rings is 1. The van der Waals surface area contributed by atoms with E-state index in [4.69, 9.17) is 9.84 Å². The zero-order chi connectivity index (χ0) is 14.5. The van der Waals surface area contributed by atoms with Crippen LogP contribution in [0.5, 0.6) is 5.75 Å². The van der Waals surface area contributed by atoms with E-state index < -0.39 is 12.1 Å². The quantitative estimate of drug-likeness (QED) is 0.865. The molecule has 1 atom stereocenters. The molecule has 5 nitrogen and oxygen atoms in total. The number of ether oxygens (including phenoxy) is 1. The smallest absolute Gasteiger partial charge is 0.335 e. The molecule has 5 heteroatoms. The fraction of sp³-hybridized carbons (Fsp3) is 0.467. The van der Waals surface area contributed by atoms with E-state index in [1.54, 1.807) is 19.1 Å². The Kier molecular flexibility index (Phi) is 4.61. The highest BCUT2D eigenvalue weighted by Gasteiger charge is 2.21. The van der Waals surface area contributed by atoms with Crippen LogP contribution >= 0.6 is 0 Å². The maximum Gasteiger partial charge on any atom is 0.335 e. The highest BCUT2D eigenvalue weighted by molar-refractivity contribution is 5.88. The minimum absolute atomic E-state index is 0.144. The molecule has 1 unspecified atom stereocenters. The average Bonchev–Trinajstić information content (AvgIpc) is 2.91. The summed E-state index contributed by atoms with van der Waals surface area (Å²) in [5.74, 6) is -0.782. The number of aromatic carboxylic acids is 1. The summed E-state index contributed by atoms with van der Waals surface area (Å²) in [5, 5.41) is 11.9. The first-order valence-electron chi connectivity index (χ1n) is 6.86. The molecular formula is C15H19NO4. The number of carboxylic acids is 1. The number of carboxylic acid groups (broad SMARTS) is 1. The Bertz CT molecular complexity index is 494. The molecule has 1 saturated carbocycles.